The molecule has 0 radical (unpaired) electrons. The fourth-order valence-corrected chi connectivity index (χ4v) is 4.81. The largest absolute Gasteiger partial charge is 0.393 e. The second-order valence-electron chi connectivity index (χ2n) is 8.62. The molecule has 9 heteroatoms. The first kappa shape index (κ1) is 31.6. The number of halogens is 4. The quantitative estimate of drug-likeness (QED) is 0.110. The smallest absolute Gasteiger partial charge is 0.313 e. The lowest BCUT2D eigenvalue weighted by atomic mass is 10.1. The zero-order valence-corrected chi connectivity index (χ0v) is 24.2. The number of ether oxygens (including phenoxy) is 1. The van der Waals surface area contributed by atoms with Crippen molar-refractivity contribution in [2.75, 3.05) is 59.5 Å². The third-order valence-corrected chi connectivity index (χ3v) is 6.62. The average Bonchev–Trinajstić information content (AvgIpc) is 2.89. The van der Waals surface area contributed by atoms with Crippen molar-refractivity contribution in [3.63, 3.8) is 0 Å². The van der Waals surface area contributed by atoms with Crippen LogP contribution in [-0.4, -0.2) is 61.6 Å². The molecule has 0 aliphatic rings. The fourth-order valence-electron chi connectivity index (χ4n) is 4.00. The molecule has 0 unspecified atom stereocenters. The van der Waals surface area contributed by atoms with Crippen LogP contribution in [-0.2, 0) is 27.2 Å². The molecular formula is C28H36Cl4N2O3. The first-order chi connectivity index (χ1) is 18.0. The van der Waals surface area contributed by atoms with E-state index in [4.69, 9.17) is 51.1 Å². The van der Waals surface area contributed by atoms with Gasteiger partial charge in [-0.15, -0.1) is 46.4 Å². The molecule has 0 N–H and O–H groups in total. The van der Waals surface area contributed by atoms with Crippen LogP contribution in [0.5, 0.6) is 0 Å². The summed E-state index contributed by atoms with van der Waals surface area (Å²) >= 11 is 23.5. The summed E-state index contributed by atoms with van der Waals surface area (Å²) in [5.41, 5.74) is 4.40. The molecule has 0 amide bonds. The Labute approximate surface area is 240 Å². The van der Waals surface area contributed by atoms with Crippen molar-refractivity contribution in [2.24, 2.45) is 0 Å². The van der Waals surface area contributed by atoms with Gasteiger partial charge in [-0.2, -0.15) is 0 Å². The molecule has 0 atom stereocenters. The van der Waals surface area contributed by atoms with Gasteiger partial charge in [-0.25, -0.2) is 0 Å². The number of rotatable bonds is 18. The van der Waals surface area contributed by atoms with Gasteiger partial charge in [0.2, 0.25) is 0 Å². The fraction of sp³-hybridized carbons (Fsp3) is 0.500. The van der Waals surface area contributed by atoms with E-state index in [0.717, 1.165) is 61.5 Å². The van der Waals surface area contributed by atoms with Gasteiger partial charge in [-0.1, -0.05) is 24.3 Å². The molecule has 0 saturated heterocycles. The molecule has 204 valence electrons. The highest BCUT2D eigenvalue weighted by molar-refractivity contribution is 6.19. The number of carbonyl (C=O) groups excluding carboxylic acids is 2. The van der Waals surface area contributed by atoms with E-state index in [-0.39, 0.29) is 12.8 Å². The molecule has 0 aromatic heterocycles. The van der Waals surface area contributed by atoms with E-state index in [1.807, 2.05) is 48.5 Å². The number of hydrogen-bond acceptors (Lipinski definition) is 5. The SMILES string of the molecule is O=C(CCCc1ccc(N(CCCl)CCCl)cc1)OC(=O)CCCc1ccc(N(CCCl)CCCl)cc1. The first-order valence-corrected chi connectivity index (χ1v) is 14.8. The summed E-state index contributed by atoms with van der Waals surface area (Å²) in [4.78, 5) is 28.4. The van der Waals surface area contributed by atoms with Gasteiger partial charge >= 0.3 is 11.9 Å². The number of carbonyl (C=O) groups is 2. The van der Waals surface area contributed by atoms with Gasteiger partial charge in [0.05, 0.1) is 0 Å². The van der Waals surface area contributed by atoms with Crippen LogP contribution >= 0.6 is 46.4 Å². The Morgan fingerprint density at radius 1 is 0.568 bits per heavy atom. The number of hydrogen-bond donors (Lipinski definition) is 0. The van der Waals surface area contributed by atoms with Crippen molar-refractivity contribution >= 4 is 69.7 Å². The predicted molar refractivity (Wildman–Crippen MR) is 157 cm³/mol. The lowest BCUT2D eigenvalue weighted by molar-refractivity contribution is -0.159. The van der Waals surface area contributed by atoms with E-state index >= 15 is 0 Å². The summed E-state index contributed by atoms with van der Waals surface area (Å²) in [5.74, 6) is 1.21. The van der Waals surface area contributed by atoms with Crippen LogP contribution in [0.4, 0.5) is 11.4 Å². The molecule has 2 aromatic rings. The topological polar surface area (TPSA) is 49.9 Å². The van der Waals surface area contributed by atoms with Gasteiger partial charge in [-0.05, 0) is 61.1 Å². The summed E-state index contributed by atoms with van der Waals surface area (Å²) in [6.07, 6.45) is 3.13. The van der Waals surface area contributed by atoms with Crippen LogP contribution < -0.4 is 9.80 Å². The van der Waals surface area contributed by atoms with Crippen molar-refractivity contribution in [1.29, 1.82) is 0 Å². The predicted octanol–water partition coefficient (Wildman–Crippen LogP) is 6.67. The Kier molecular flexibility index (Phi) is 15.8. The Morgan fingerprint density at radius 3 is 1.19 bits per heavy atom. The van der Waals surface area contributed by atoms with Crippen LogP contribution in [0.25, 0.3) is 0 Å². The third kappa shape index (κ3) is 12.2. The minimum absolute atomic E-state index is 0.209. The van der Waals surface area contributed by atoms with Gasteiger partial charge in [0.25, 0.3) is 0 Å². The second-order valence-corrected chi connectivity index (χ2v) is 10.1. The molecule has 0 spiro atoms. The number of nitrogens with zero attached hydrogens (tertiary/aromatic N) is 2. The van der Waals surface area contributed by atoms with E-state index in [9.17, 15) is 9.59 Å². The zero-order chi connectivity index (χ0) is 26.9. The molecule has 0 saturated carbocycles. The standard InChI is InChI=1S/C28H36Cl4N2O3/c29-15-19-33(20-16-30)25-11-7-23(8-12-25)3-1-5-27(35)37-28(36)6-2-4-24-9-13-26(14-10-24)34(21-17-31)22-18-32/h7-14H,1-6,15-22H2. The Morgan fingerprint density at radius 2 is 0.892 bits per heavy atom. The van der Waals surface area contributed by atoms with Gasteiger partial charge in [0.15, 0.2) is 0 Å². The van der Waals surface area contributed by atoms with Crippen LogP contribution in [0.2, 0.25) is 0 Å². The molecule has 0 aliphatic heterocycles. The molecule has 0 heterocycles. The Hall–Kier alpha value is -1.66. The normalized spacial score (nSPS) is 10.8. The summed E-state index contributed by atoms with van der Waals surface area (Å²) in [6, 6.07) is 16.3. The van der Waals surface area contributed by atoms with E-state index in [1.165, 1.54) is 0 Å². The highest BCUT2D eigenvalue weighted by Gasteiger charge is 2.11. The average molecular weight is 590 g/mol. The Balaban J connectivity index is 1.67. The lowest BCUT2D eigenvalue weighted by Gasteiger charge is -2.23. The number of alkyl halides is 4. The summed E-state index contributed by atoms with van der Waals surface area (Å²) < 4.78 is 4.99. The lowest BCUT2D eigenvalue weighted by Crippen LogP contribution is -2.27. The molecule has 5 nitrogen and oxygen atoms in total. The highest BCUT2D eigenvalue weighted by atomic mass is 35.5. The molecule has 0 fully saturated rings. The van der Waals surface area contributed by atoms with Crippen molar-refractivity contribution in [2.45, 2.75) is 38.5 Å². The molecule has 2 aromatic carbocycles. The van der Waals surface area contributed by atoms with Crippen LogP contribution in [0, 0.1) is 0 Å². The maximum Gasteiger partial charge on any atom is 0.313 e. The molecule has 37 heavy (non-hydrogen) atoms. The number of benzene rings is 2. The third-order valence-electron chi connectivity index (χ3n) is 5.94. The maximum atomic E-state index is 12.1. The van der Waals surface area contributed by atoms with Crippen LogP contribution in [0.1, 0.15) is 36.8 Å². The van der Waals surface area contributed by atoms with Gasteiger partial charge in [-0.3, -0.25) is 9.59 Å². The second kappa shape index (κ2) is 18.6. The summed E-state index contributed by atoms with van der Waals surface area (Å²) in [7, 11) is 0. The van der Waals surface area contributed by atoms with E-state index in [1.54, 1.807) is 0 Å². The summed E-state index contributed by atoms with van der Waals surface area (Å²) in [6.45, 7) is 2.95. The minimum atomic E-state index is -0.472. The molecule has 0 aliphatic carbocycles. The first-order valence-electron chi connectivity index (χ1n) is 12.7. The maximum absolute atomic E-state index is 12.1. The Bertz CT molecular complexity index is 839. The van der Waals surface area contributed by atoms with Crippen LogP contribution in [0.3, 0.4) is 0 Å². The van der Waals surface area contributed by atoms with Crippen molar-refractivity contribution in [3.05, 3.63) is 59.7 Å². The minimum Gasteiger partial charge on any atom is -0.393 e. The van der Waals surface area contributed by atoms with Crippen molar-refractivity contribution < 1.29 is 14.3 Å². The highest BCUT2D eigenvalue weighted by Crippen LogP contribution is 2.18. The van der Waals surface area contributed by atoms with Gasteiger partial charge < -0.3 is 14.5 Å². The van der Waals surface area contributed by atoms with E-state index < -0.39 is 11.9 Å². The van der Waals surface area contributed by atoms with Crippen LogP contribution in [0.15, 0.2) is 48.5 Å². The van der Waals surface area contributed by atoms with Crippen molar-refractivity contribution in [1.82, 2.24) is 0 Å². The monoisotopic (exact) mass is 588 g/mol. The molecule has 0 bridgehead atoms. The molecular weight excluding hydrogens is 554 g/mol. The number of esters is 2. The summed E-state index contributed by atoms with van der Waals surface area (Å²) in [5, 5.41) is 0. The van der Waals surface area contributed by atoms with E-state index in [2.05, 4.69) is 9.80 Å². The number of anilines is 2. The van der Waals surface area contributed by atoms with Gasteiger partial charge in [0, 0.05) is 73.9 Å². The number of aryl methyl sites for hydroxylation is 2. The molecule has 2 rings (SSSR count). The van der Waals surface area contributed by atoms with Gasteiger partial charge in [0.1, 0.15) is 0 Å². The zero-order valence-electron chi connectivity index (χ0n) is 21.1. The van der Waals surface area contributed by atoms with Crippen molar-refractivity contribution in [3.8, 4) is 0 Å². The van der Waals surface area contributed by atoms with E-state index in [0.29, 0.717) is 36.4 Å².